The molecule has 0 spiro atoms. The van der Waals surface area contributed by atoms with Gasteiger partial charge >= 0.3 is 5.97 Å². The van der Waals surface area contributed by atoms with Gasteiger partial charge in [0, 0.05) is 6.54 Å². The topological polar surface area (TPSA) is 66.4 Å². The first-order valence-corrected chi connectivity index (χ1v) is 7.52. The maximum Gasteiger partial charge on any atom is 0.307 e. The molecule has 0 aromatic carbocycles. The normalized spacial score (nSPS) is 25.9. The average molecular weight is 277 g/mol. The minimum atomic E-state index is -0.871. The van der Waals surface area contributed by atoms with Gasteiger partial charge in [0.2, 0.25) is 5.91 Å². The summed E-state index contributed by atoms with van der Waals surface area (Å²) in [6.07, 6.45) is 12.7. The molecule has 0 saturated carbocycles. The number of nitrogens with one attached hydrogen (secondary N) is 1. The fourth-order valence-corrected chi connectivity index (χ4v) is 2.99. The highest BCUT2D eigenvalue weighted by atomic mass is 16.4. The Morgan fingerprint density at radius 3 is 2.60 bits per heavy atom. The second-order valence-corrected chi connectivity index (χ2v) is 5.64. The number of carboxylic acids is 1. The first-order valence-electron chi connectivity index (χ1n) is 7.52. The second-order valence-electron chi connectivity index (χ2n) is 5.64. The molecule has 2 N–H and O–H groups in total. The largest absolute Gasteiger partial charge is 0.481 e. The van der Waals surface area contributed by atoms with Gasteiger partial charge < -0.3 is 10.4 Å². The monoisotopic (exact) mass is 277 g/mol. The van der Waals surface area contributed by atoms with Gasteiger partial charge in [0.15, 0.2) is 0 Å². The van der Waals surface area contributed by atoms with Crippen LogP contribution in [0.2, 0.25) is 0 Å². The van der Waals surface area contributed by atoms with E-state index in [4.69, 9.17) is 5.11 Å². The molecule has 0 aromatic rings. The van der Waals surface area contributed by atoms with Gasteiger partial charge in [-0.3, -0.25) is 9.59 Å². The van der Waals surface area contributed by atoms with E-state index in [0.717, 1.165) is 19.3 Å². The lowest BCUT2D eigenvalue weighted by molar-refractivity contribution is -0.147. The number of carbonyl (C=O) groups is 2. The maximum atomic E-state index is 12.1. The van der Waals surface area contributed by atoms with Crippen LogP contribution in [-0.2, 0) is 9.59 Å². The summed E-state index contributed by atoms with van der Waals surface area (Å²) in [6.45, 7) is 0.622. The van der Waals surface area contributed by atoms with Crippen LogP contribution in [0.25, 0.3) is 0 Å². The number of rotatable bonds is 5. The van der Waals surface area contributed by atoms with Crippen LogP contribution in [0, 0.1) is 11.8 Å². The van der Waals surface area contributed by atoms with Gasteiger partial charge in [0.25, 0.3) is 0 Å². The van der Waals surface area contributed by atoms with Gasteiger partial charge in [-0.05, 0) is 44.9 Å². The van der Waals surface area contributed by atoms with Crippen molar-refractivity contribution in [3.05, 3.63) is 23.8 Å². The van der Waals surface area contributed by atoms with Crippen LogP contribution in [0.15, 0.2) is 23.8 Å². The lowest BCUT2D eigenvalue weighted by Crippen LogP contribution is -2.39. The highest BCUT2D eigenvalue weighted by Gasteiger charge is 2.33. The summed E-state index contributed by atoms with van der Waals surface area (Å²) in [6, 6.07) is 0. The summed E-state index contributed by atoms with van der Waals surface area (Å²) < 4.78 is 0. The molecule has 2 atom stereocenters. The molecule has 110 valence electrons. The zero-order valence-electron chi connectivity index (χ0n) is 11.8. The molecule has 2 rings (SSSR count). The number of hydrogen-bond donors (Lipinski definition) is 2. The van der Waals surface area contributed by atoms with Crippen LogP contribution in [0.3, 0.4) is 0 Å². The van der Waals surface area contributed by atoms with Crippen molar-refractivity contribution in [1.82, 2.24) is 5.32 Å². The lowest BCUT2D eigenvalue weighted by atomic mass is 9.82. The summed E-state index contributed by atoms with van der Waals surface area (Å²) in [4.78, 5) is 23.3. The predicted molar refractivity (Wildman–Crippen MR) is 77.2 cm³/mol. The van der Waals surface area contributed by atoms with Crippen LogP contribution < -0.4 is 5.32 Å². The Morgan fingerprint density at radius 1 is 1.20 bits per heavy atom. The third-order valence-corrected chi connectivity index (χ3v) is 4.22. The Bertz CT molecular complexity index is 425. The second kappa shape index (κ2) is 7.27. The van der Waals surface area contributed by atoms with Gasteiger partial charge in [-0.15, -0.1) is 0 Å². The van der Waals surface area contributed by atoms with Crippen molar-refractivity contribution < 1.29 is 14.7 Å². The van der Waals surface area contributed by atoms with Crippen molar-refractivity contribution in [1.29, 1.82) is 0 Å². The number of hydrogen-bond acceptors (Lipinski definition) is 2. The molecular formula is C16H23NO3. The van der Waals surface area contributed by atoms with Crippen molar-refractivity contribution in [3.8, 4) is 0 Å². The maximum absolute atomic E-state index is 12.1. The first kappa shape index (κ1) is 14.8. The molecule has 20 heavy (non-hydrogen) atoms. The molecule has 0 aromatic heterocycles. The summed E-state index contributed by atoms with van der Waals surface area (Å²) in [7, 11) is 0. The van der Waals surface area contributed by atoms with Crippen LogP contribution in [0.5, 0.6) is 0 Å². The van der Waals surface area contributed by atoms with E-state index >= 15 is 0 Å². The molecule has 2 aliphatic carbocycles. The van der Waals surface area contributed by atoms with E-state index in [2.05, 4.69) is 11.4 Å². The molecule has 0 radical (unpaired) electrons. The number of allylic oxidation sites excluding steroid dienone is 3. The van der Waals surface area contributed by atoms with E-state index in [-0.39, 0.29) is 5.91 Å². The van der Waals surface area contributed by atoms with E-state index < -0.39 is 17.8 Å². The van der Waals surface area contributed by atoms with Crippen LogP contribution >= 0.6 is 0 Å². The van der Waals surface area contributed by atoms with E-state index in [1.54, 1.807) is 0 Å². The number of carbonyl (C=O) groups excluding carboxylic acids is 1. The molecule has 0 aliphatic heterocycles. The fourth-order valence-electron chi connectivity index (χ4n) is 2.99. The summed E-state index contributed by atoms with van der Waals surface area (Å²) >= 11 is 0. The molecular weight excluding hydrogens is 254 g/mol. The van der Waals surface area contributed by atoms with Crippen LogP contribution in [0.1, 0.15) is 44.9 Å². The third kappa shape index (κ3) is 3.95. The third-order valence-electron chi connectivity index (χ3n) is 4.22. The SMILES string of the molecule is O=C(O)[C@H]1CC=CC[C@@H]1C(=O)NCCC1=CCCCC1. The molecule has 2 aliphatic rings. The molecule has 0 bridgehead atoms. The van der Waals surface area contributed by atoms with Crippen molar-refractivity contribution in [2.45, 2.75) is 44.9 Å². The predicted octanol–water partition coefficient (Wildman–Crippen LogP) is 2.66. The fraction of sp³-hybridized carbons (Fsp3) is 0.625. The molecule has 0 saturated heterocycles. The molecule has 0 unspecified atom stereocenters. The summed E-state index contributed by atoms with van der Waals surface area (Å²) in [5, 5.41) is 12.1. The minimum absolute atomic E-state index is 0.113. The number of carboxylic acid groups (broad SMARTS) is 1. The smallest absolute Gasteiger partial charge is 0.307 e. The van der Waals surface area contributed by atoms with Gasteiger partial charge in [-0.1, -0.05) is 23.8 Å². The van der Waals surface area contributed by atoms with Crippen LogP contribution in [0.4, 0.5) is 0 Å². The standard InChI is InChI=1S/C16H23NO3/c18-15(13-8-4-5-9-14(13)16(19)20)17-11-10-12-6-2-1-3-7-12/h4-6,13-14H,1-3,7-11H2,(H,17,18)(H,19,20)/t13-,14-/m0/s1. The van der Waals surface area contributed by atoms with Gasteiger partial charge in [0.1, 0.15) is 0 Å². The zero-order valence-corrected chi connectivity index (χ0v) is 11.8. The van der Waals surface area contributed by atoms with E-state index in [1.807, 2.05) is 12.2 Å². The summed E-state index contributed by atoms with van der Waals surface area (Å²) in [5.41, 5.74) is 1.43. The lowest BCUT2D eigenvalue weighted by Gasteiger charge is -2.24. The van der Waals surface area contributed by atoms with Crippen LogP contribution in [-0.4, -0.2) is 23.5 Å². The zero-order chi connectivity index (χ0) is 14.4. The Kier molecular flexibility index (Phi) is 5.39. The van der Waals surface area contributed by atoms with Gasteiger partial charge in [-0.25, -0.2) is 0 Å². The molecule has 1 amide bonds. The van der Waals surface area contributed by atoms with Gasteiger partial charge in [-0.2, -0.15) is 0 Å². The molecule has 4 nitrogen and oxygen atoms in total. The van der Waals surface area contributed by atoms with Crippen molar-refractivity contribution in [2.75, 3.05) is 6.54 Å². The van der Waals surface area contributed by atoms with Crippen molar-refractivity contribution in [2.24, 2.45) is 11.8 Å². The van der Waals surface area contributed by atoms with E-state index in [1.165, 1.54) is 18.4 Å². The number of amides is 1. The van der Waals surface area contributed by atoms with Crippen molar-refractivity contribution in [3.63, 3.8) is 0 Å². The Balaban J connectivity index is 1.80. The minimum Gasteiger partial charge on any atom is -0.481 e. The molecule has 0 fully saturated rings. The molecule has 4 heteroatoms. The van der Waals surface area contributed by atoms with Gasteiger partial charge in [0.05, 0.1) is 11.8 Å². The quantitative estimate of drug-likeness (QED) is 0.759. The average Bonchev–Trinajstić information content (AvgIpc) is 2.48. The Hall–Kier alpha value is -1.58. The number of aliphatic carboxylic acids is 1. The highest BCUT2D eigenvalue weighted by molar-refractivity contribution is 5.85. The van der Waals surface area contributed by atoms with E-state index in [0.29, 0.717) is 19.4 Å². The van der Waals surface area contributed by atoms with E-state index in [9.17, 15) is 9.59 Å². The Labute approximate surface area is 119 Å². The molecule has 0 heterocycles. The highest BCUT2D eigenvalue weighted by Crippen LogP contribution is 2.26. The summed E-state index contributed by atoms with van der Waals surface area (Å²) in [5.74, 6) is -1.98. The van der Waals surface area contributed by atoms with Crippen molar-refractivity contribution >= 4 is 11.9 Å². The Morgan fingerprint density at radius 2 is 1.95 bits per heavy atom. The first-order chi connectivity index (χ1) is 9.68.